The fourth-order valence-electron chi connectivity index (χ4n) is 10.9. The quantitative estimate of drug-likeness (QED) is 0.158. The van der Waals surface area contributed by atoms with Crippen LogP contribution in [0.2, 0.25) is 0 Å². The first-order valence-electron chi connectivity index (χ1n) is 22.9. The maximum atomic E-state index is 2.50. The molecule has 312 valence electrons. The topological polar surface area (TPSA) is 14.8 Å². The zero-order chi connectivity index (χ0) is 44.0. The first-order valence-corrected chi connectivity index (χ1v) is 22.9. The number of hydrogen-bond donors (Lipinski definition) is 0. The summed E-state index contributed by atoms with van der Waals surface area (Å²) in [5, 5.41) is 7.39. The first-order chi connectivity index (χ1) is 32.5. The van der Waals surface area contributed by atoms with Crippen LogP contribution < -0.4 is 0 Å². The van der Waals surface area contributed by atoms with Gasteiger partial charge in [-0.05, 0) is 125 Å². The lowest BCUT2D eigenvalue weighted by atomic mass is 9.99. The Morgan fingerprint density at radius 1 is 0.227 bits per heavy atom. The summed E-state index contributed by atoms with van der Waals surface area (Å²) in [4.78, 5) is 0. The van der Waals surface area contributed by atoms with Crippen molar-refractivity contribution in [3.8, 4) is 50.4 Å². The van der Waals surface area contributed by atoms with Crippen LogP contribution in [0.3, 0.4) is 0 Å². The second-order valence-corrected chi connectivity index (χ2v) is 17.9. The van der Waals surface area contributed by atoms with Crippen molar-refractivity contribution in [2.24, 2.45) is 0 Å². The third kappa shape index (κ3) is 5.83. The van der Waals surface area contributed by atoms with E-state index in [1.165, 1.54) is 115 Å². The molecule has 3 heterocycles. The van der Waals surface area contributed by atoms with Crippen molar-refractivity contribution >= 4 is 65.4 Å². The van der Waals surface area contributed by atoms with Crippen molar-refractivity contribution in [2.75, 3.05) is 0 Å². The standard InChI is InChI=1S/C63H45N3/c1-40-16-4-7-19-49(40)43-28-31-55-52-22-10-13-25-58(52)64(61(55)34-43)46-37-47(65-59-26-14-11-23-53(59)56-32-29-44(35-62(56)65)50-20-8-5-17-41(50)2)39-48(38-46)66-60-27-15-12-24-54(60)57-33-30-45(36-63(57)66)51-21-9-6-18-42(51)3/h4-39H,1-3H3. The predicted molar refractivity (Wildman–Crippen MR) is 280 cm³/mol. The zero-order valence-electron chi connectivity index (χ0n) is 37.1. The van der Waals surface area contributed by atoms with Gasteiger partial charge in [-0.25, -0.2) is 0 Å². The van der Waals surface area contributed by atoms with Gasteiger partial charge in [0.15, 0.2) is 0 Å². The Bertz CT molecular complexity index is 3660. The van der Waals surface area contributed by atoms with Gasteiger partial charge in [0.05, 0.1) is 50.2 Å². The van der Waals surface area contributed by atoms with Crippen LogP contribution in [0.25, 0.3) is 116 Å². The van der Waals surface area contributed by atoms with Crippen molar-refractivity contribution in [1.82, 2.24) is 13.7 Å². The molecule has 0 radical (unpaired) electrons. The van der Waals surface area contributed by atoms with Crippen LogP contribution in [0.15, 0.2) is 218 Å². The third-order valence-corrected chi connectivity index (χ3v) is 14.1. The van der Waals surface area contributed by atoms with Crippen LogP contribution >= 0.6 is 0 Å². The number of benzene rings is 10. The van der Waals surface area contributed by atoms with Crippen LogP contribution in [-0.4, -0.2) is 13.7 Å². The van der Waals surface area contributed by atoms with Crippen LogP contribution in [-0.2, 0) is 0 Å². The molecule has 10 aromatic carbocycles. The fourth-order valence-corrected chi connectivity index (χ4v) is 10.9. The van der Waals surface area contributed by atoms with E-state index in [9.17, 15) is 0 Å². The molecular weight excluding hydrogens is 799 g/mol. The van der Waals surface area contributed by atoms with Gasteiger partial charge in [0, 0.05) is 32.3 Å². The lowest BCUT2D eigenvalue weighted by Crippen LogP contribution is -2.03. The highest BCUT2D eigenvalue weighted by Gasteiger charge is 2.21. The molecule has 13 aromatic rings. The monoisotopic (exact) mass is 843 g/mol. The van der Waals surface area contributed by atoms with E-state index in [1.807, 2.05) is 0 Å². The second-order valence-electron chi connectivity index (χ2n) is 17.9. The minimum atomic E-state index is 1.10. The number of aromatic nitrogens is 3. The Morgan fingerprint density at radius 2 is 0.485 bits per heavy atom. The Labute approximate surface area is 383 Å². The van der Waals surface area contributed by atoms with Gasteiger partial charge < -0.3 is 13.7 Å². The van der Waals surface area contributed by atoms with Crippen LogP contribution in [0.4, 0.5) is 0 Å². The minimum absolute atomic E-state index is 1.10. The molecule has 0 N–H and O–H groups in total. The molecule has 0 bridgehead atoms. The van der Waals surface area contributed by atoms with Crippen molar-refractivity contribution in [3.05, 3.63) is 235 Å². The van der Waals surface area contributed by atoms with E-state index in [0.717, 1.165) is 17.1 Å². The largest absolute Gasteiger partial charge is 0.309 e. The Hall–Kier alpha value is -8.40. The Kier molecular flexibility index (Phi) is 8.56. The highest BCUT2D eigenvalue weighted by molar-refractivity contribution is 6.13. The van der Waals surface area contributed by atoms with Crippen LogP contribution in [0, 0.1) is 20.8 Å². The number of rotatable bonds is 6. The third-order valence-electron chi connectivity index (χ3n) is 14.1. The van der Waals surface area contributed by atoms with Gasteiger partial charge in [-0.1, -0.05) is 164 Å². The summed E-state index contributed by atoms with van der Waals surface area (Å²) < 4.78 is 7.50. The van der Waals surface area contributed by atoms with Gasteiger partial charge in [-0.3, -0.25) is 0 Å². The van der Waals surface area contributed by atoms with Gasteiger partial charge in [0.1, 0.15) is 0 Å². The van der Waals surface area contributed by atoms with Crippen molar-refractivity contribution in [3.63, 3.8) is 0 Å². The highest BCUT2D eigenvalue weighted by atomic mass is 15.0. The molecule has 0 saturated carbocycles. The summed E-state index contributed by atoms with van der Waals surface area (Å²) in [5.74, 6) is 0. The molecule has 0 aliphatic rings. The number of hydrogen-bond acceptors (Lipinski definition) is 0. The van der Waals surface area contributed by atoms with Gasteiger partial charge in [0.2, 0.25) is 0 Å². The van der Waals surface area contributed by atoms with E-state index in [4.69, 9.17) is 0 Å². The number of fused-ring (bicyclic) bond motifs is 9. The lowest BCUT2D eigenvalue weighted by molar-refractivity contribution is 1.10. The second kappa shape index (κ2) is 14.8. The molecular formula is C63H45N3. The van der Waals surface area contributed by atoms with E-state index in [0.29, 0.717) is 0 Å². The molecule has 0 amide bonds. The lowest BCUT2D eigenvalue weighted by Gasteiger charge is -2.18. The molecule has 0 unspecified atom stereocenters. The Morgan fingerprint density at radius 3 is 0.788 bits per heavy atom. The molecule has 0 spiro atoms. The molecule has 0 fully saturated rings. The molecule has 13 rings (SSSR count). The highest BCUT2D eigenvalue weighted by Crippen LogP contribution is 2.42. The summed E-state index contributed by atoms with van der Waals surface area (Å²) >= 11 is 0. The number of aryl methyl sites for hydroxylation is 3. The van der Waals surface area contributed by atoms with Gasteiger partial charge in [-0.15, -0.1) is 0 Å². The first kappa shape index (κ1) is 38.1. The van der Waals surface area contributed by atoms with E-state index in [2.05, 4.69) is 253 Å². The summed E-state index contributed by atoms with van der Waals surface area (Å²) in [7, 11) is 0. The van der Waals surface area contributed by atoms with Gasteiger partial charge in [-0.2, -0.15) is 0 Å². The summed E-state index contributed by atoms with van der Waals surface area (Å²) in [5.41, 5.74) is 21.5. The van der Waals surface area contributed by atoms with E-state index >= 15 is 0 Å². The summed E-state index contributed by atoms with van der Waals surface area (Å²) in [6.07, 6.45) is 0. The average Bonchev–Trinajstić information content (AvgIpc) is 3.99. The smallest absolute Gasteiger partial charge is 0.0547 e. The number of nitrogens with zero attached hydrogens (tertiary/aromatic N) is 3. The van der Waals surface area contributed by atoms with E-state index in [1.54, 1.807) is 0 Å². The number of para-hydroxylation sites is 3. The van der Waals surface area contributed by atoms with Crippen LogP contribution in [0.1, 0.15) is 16.7 Å². The predicted octanol–water partition coefficient (Wildman–Crippen LogP) is 16.9. The van der Waals surface area contributed by atoms with Crippen LogP contribution in [0.5, 0.6) is 0 Å². The molecule has 3 nitrogen and oxygen atoms in total. The maximum absolute atomic E-state index is 2.50. The average molecular weight is 844 g/mol. The maximum Gasteiger partial charge on any atom is 0.0547 e. The SMILES string of the molecule is Cc1ccccc1-c1ccc2c3ccccc3n(-c3cc(-n4c5ccccc5c5ccc(-c6ccccc6C)cc54)cc(-n4c5ccccc5c5ccc(-c6ccccc6C)cc54)c3)c2c1. The van der Waals surface area contributed by atoms with Crippen molar-refractivity contribution < 1.29 is 0 Å². The molecule has 0 atom stereocenters. The molecule has 66 heavy (non-hydrogen) atoms. The fraction of sp³-hybridized carbons (Fsp3) is 0.0476. The molecule has 0 aliphatic heterocycles. The molecule has 0 aliphatic carbocycles. The van der Waals surface area contributed by atoms with Gasteiger partial charge in [0.25, 0.3) is 0 Å². The molecule has 3 aromatic heterocycles. The Balaban J connectivity index is 1.16. The summed E-state index contributed by atoms with van der Waals surface area (Å²) in [6.45, 7) is 6.62. The van der Waals surface area contributed by atoms with Gasteiger partial charge >= 0.3 is 0 Å². The van der Waals surface area contributed by atoms with Crippen molar-refractivity contribution in [1.29, 1.82) is 0 Å². The molecule has 0 saturated heterocycles. The van der Waals surface area contributed by atoms with Crippen molar-refractivity contribution in [2.45, 2.75) is 20.8 Å². The minimum Gasteiger partial charge on any atom is -0.309 e. The molecule has 3 heteroatoms. The zero-order valence-corrected chi connectivity index (χ0v) is 37.1. The van der Waals surface area contributed by atoms with E-state index in [-0.39, 0.29) is 0 Å². The summed E-state index contributed by atoms with van der Waals surface area (Å²) in [6, 6.07) is 81.0. The normalized spacial score (nSPS) is 11.9. The van der Waals surface area contributed by atoms with E-state index < -0.39 is 0 Å².